The first-order valence-electron chi connectivity index (χ1n) is 8.63. The molecule has 3 aromatic rings. The number of amides is 2. The third-order valence-electron chi connectivity index (χ3n) is 4.01. The molecule has 0 aliphatic rings. The number of nitrogens with zero attached hydrogens (tertiary/aromatic N) is 2. The minimum atomic E-state index is -0.169. The molecule has 27 heavy (non-hydrogen) atoms. The Labute approximate surface area is 168 Å². The lowest BCUT2D eigenvalue weighted by molar-refractivity contribution is 0.238. The van der Waals surface area contributed by atoms with Crippen molar-refractivity contribution in [3.05, 3.63) is 77.8 Å². The molecule has 7 heteroatoms. The van der Waals surface area contributed by atoms with Crippen LogP contribution >= 0.6 is 23.4 Å². The number of thioether (sulfide) groups is 1. The number of rotatable bonds is 7. The van der Waals surface area contributed by atoms with E-state index in [1.807, 2.05) is 66.2 Å². The summed E-state index contributed by atoms with van der Waals surface area (Å²) < 4.78 is 1.94. The molecule has 0 bridgehead atoms. The Balaban J connectivity index is 1.41. The average Bonchev–Trinajstić information content (AvgIpc) is 3.21. The van der Waals surface area contributed by atoms with E-state index < -0.39 is 0 Å². The molecule has 0 spiro atoms. The Hall–Kier alpha value is -2.44. The van der Waals surface area contributed by atoms with E-state index in [0.29, 0.717) is 6.54 Å². The van der Waals surface area contributed by atoms with Crippen LogP contribution in [0.25, 0.3) is 5.69 Å². The molecular formula is C20H21ClN4OS. The monoisotopic (exact) mass is 400 g/mol. The second kappa shape index (κ2) is 9.48. The van der Waals surface area contributed by atoms with Crippen molar-refractivity contribution in [3.63, 3.8) is 0 Å². The van der Waals surface area contributed by atoms with E-state index in [1.54, 1.807) is 24.3 Å². The molecule has 3 rings (SSSR count). The second-order valence-electron chi connectivity index (χ2n) is 5.99. The summed E-state index contributed by atoms with van der Waals surface area (Å²) in [6.07, 6.45) is 5.39. The lowest BCUT2D eigenvalue weighted by Crippen LogP contribution is -2.38. The van der Waals surface area contributed by atoms with Crippen LogP contribution in [0.4, 0.5) is 4.79 Å². The Morgan fingerprint density at radius 2 is 1.93 bits per heavy atom. The van der Waals surface area contributed by atoms with Crippen LogP contribution in [0.3, 0.4) is 0 Å². The maximum Gasteiger partial charge on any atom is 0.315 e. The van der Waals surface area contributed by atoms with Crippen LogP contribution in [0, 0.1) is 0 Å². The van der Waals surface area contributed by atoms with Gasteiger partial charge >= 0.3 is 6.03 Å². The summed E-state index contributed by atoms with van der Waals surface area (Å²) in [5, 5.41) is 6.58. The molecule has 0 fully saturated rings. The molecule has 1 heterocycles. The highest BCUT2D eigenvalue weighted by Crippen LogP contribution is 2.19. The highest BCUT2D eigenvalue weighted by atomic mass is 35.5. The molecule has 1 aromatic heterocycles. The number of urea groups is 1. The molecular weight excluding hydrogens is 380 g/mol. The number of nitrogens with one attached hydrogen (secondary N) is 2. The van der Waals surface area contributed by atoms with Gasteiger partial charge in [0.15, 0.2) is 0 Å². The van der Waals surface area contributed by atoms with E-state index in [0.717, 1.165) is 26.9 Å². The number of hydrogen-bond acceptors (Lipinski definition) is 3. The Morgan fingerprint density at radius 3 is 2.59 bits per heavy atom. The van der Waals surface area contributed by atoms with Gasteiger partial charge in [-0.2, -0.15) is 0 Å². The molecule has 0 saturated heterocycles. The van der Waals surface area contributed by atoms with Gasteiger partial charge in [0.1, 0.15) is 0 Å². The van der Waals surface area contributed by atoms with Crippen molar-refractivity contribution in [1.82, 2.24) is 20.2 Å². The molecule has 0 radical (unpaired) electrons. The molecule has 1 atom stereocenters. The van der Waals surface area contributed by atoms with Gasteiger partial charge < -0.3 is 15.2 Å². The lowest BCUT2D eigenvalue weighted by Gasteiger charge is -2.15. The van der Waals surface area contributed by atoms with Crippen molar-refractivity contribution < 1.29 is 4.79 Å². The Bertz CT molecular complexity index is 851. The standard InChI is InChI=1S/C20H21ClN4OS/c1-15(16-2-6-18(7-3-16)25-12-10-22-14-25)24-20(26)23-11-13-27-19-8-4-17(21)5-9-19/h2-10,12,14-15H,11,13H2,1H3,(H2,23,24,26). The van der Waals surface area contributed by atoms with Crippen LogP contribution in [0.5, 0.6) is 0 Å². The van der Waals surface area contributed by atoms with Crippen molar-refractivity contribution in [2.24, 2.45) is 0 Å². The predicted molar refractivity (Wildman–Crippen MR) is 111 cm³/mol. The zero-order valence-electron chi connectivity index (χ0n) is 14.9. The van der Waals surface area contributed by atoms with E-state index in [9.17, 15) is 4.79 Å². The number of imidazole rings is 1. The van der Waals surface area contributed by atoms with Gasteiger partial charge in [0.05, 0.1) is 12.4 Å². The molecule has 0 aliphatic carbocycles. The van der Waals surface area contributed by atoms with E-state index in [1.165, 1.54) is 0 Å². The zero-order chi connectivity index (χ0) is 19.1. The van der Waals surface area contributed by atoms with Crippen LogP contribution < -0.4 is 10.6 Å². The summed E-state index contributed by atoms with van der Waals surface area (Å²) >= 11 is 7.55. The summed E-state index contributed by atoms with van der Waals surface area (Å²) in [5.41, 5.74) is 2.08. The lowest BCUT2D eigenvalue weighted by atomic mass is 10.1. The largest absolute Gasteiger partial charge is 0.337 e. The minimum absolute atomic E-state index is 0.0780. The first-order chi connectivity index (χ1) is 13.1. The molecule has 2 N–H and O–H groups in total. The van der Waals surface area contributed by atoms with Crippen LogP contribution in [0.1, 0.15) is 18.5 Å². The van der Waals surface area contributed by atoms with Gasteiger partial charge in [0, 0.05) is 40.3 Å². The van der Waals surface area contributed by atoms with Crippen molar-refractivity contribution in [2.75, 3.05) is 12.3 Å². The van der Waals surface area contributed by atoms with Crippen LogP contribution in [0.15, 0.2) is 72.1 Å². The number of carbonyl (C=O) groups excluding carboxylic acids is 1. The fourth-order valence-corrected chi connectivity index (χ4v) is 3.44. The fraction of sp³-hybridized carbons (Fsp3) is 0.200. The highest BCUT2D eigenvalue weighted by molar-refractivity contribution is 7.99. The van der Waals surface area contributed by atoms with E-state index in [4.69, 9.17) is 11.6 Å². The third-order valence-corrected chi connectivity index (χ3v) is 5.28. The van der Waals surface area contributed by atoms with Crippen LogP contribution in [-0.2, 0) is 0 Å². The van der Waals surface area contributed by atoms with Crippen molar-refractivity contribution >= 4 is 29.4 Å². The first kappa shape index (κ1) is 19.3. The van der Waals surface area contributed by atoms with Crippen LogP contribution in [-0.4, -0.2) is 27.9 Å². The quantitative estimate of drug-likeness (QED) is 0.447. The SMILES string of the molecule is CC(NC(=O)NCCSc1ccc(Cl)cc1)c1ccc(-n2ccnc2)cc1. The smallest absolute Gasteiger partial charge is 0.315 e. The molecule has 140 valence electrons. The van der Waals surface area contributed by atoms with Crippen molar-refractivity contribution in [1.29, 1.82) is 0 Å². The normalized spacial score (nSPS) is 11.8. The number of benzene rings is 2. The highest BCUT2D eigenvalue weighted by Gasteiger charge is 2.09. The summed E-state index contributed by atoms with van der Waals surface area (Å²) in [6, 6.07) is 15.5. The minimum Gasteiger partial charge on any atom is -0.337 e. The molecule has 2 aromatic carbocycles. The summed E-state index contributed by atoms with van der Waals surface area (Å²) in [7, 11) is 0. The average molecular weight is 401 g/mol. The van der Waals surface area contributed by atoms with Gasteiger partial charge in [-0.1, -0.05) is 23.7 Å². The number of aromatic nitrogens is 2. The molecule has 0 aliphatic heterocycles. The second-order valence-corrected chi connectivity index (χ2v) is 7.59. The predicted octanol–water partition coefficient (Wildman–Crippen LogP) is 4.68. The summed E-state index contributed by atoms with van der Waals surface area (Å²) in [4.78, 5) is 17.3. The van der Waals surface area contributed by atoms with Gasteiger partial charge in [-0.15, -0.1) is 11.8 Å². The summed E-state index contributed by atoms with van der Waals surface area (Å²) in [6.45, 7) is 2.56. The topological polar surface area (TPSA) is 59.0 Å². The van der Waals surface area contributed by atoms with Gasteiger partial charge in [-0.25, -0.2) is 9.78 Å². The van der Waals surface area contributed by atoms with Crippen molar-refractivity contribution in [3.8, 4) is 5.69 Å². The molecule has 0 saturated carbocycles. The maximum atomic E-state index is 12.1. The van der Waals surface area contributed by atoms with Gasteiger partial charge in [-0.05, 0) is 48.9 Å². The molecule has 5 nitrogen and oxygen atoms in total. The first-order valence-corrected chi connectivity index (χ1v) is 9.99. The van der Waals surface area contributed by atoms with E-state index in [2.05, 4.69) is 15.6 Å². The summed E-state index contributed by atoms with van der Waals surface area (Å²) in [5.74, 6) is 0.795. The fourth-order valence-electron chi connectivity index (χ4n) is 2.54. The number of carbonyl (C=O) groups is 1. The number of halogens is 1. The molecule has 2 amide bonds. The van der Waals surface area contributed by atoms with Crippen LogP contribution in [0.2, 0.25) is 5.02 Å². The maximum absolute atomic E-state index is 12.1. The van der Waals surface area contributed by atoms with Gasteiger partial charge in [0.2, 0.25) is 0 Å². The van der Waals surface area contributed by atoms with Gasteiger partial charge in [-0.3, -0.25) is 0 Å². The van der Waals surface area contributed by atoms with Crippen molar-refractivity contribution in [2.45, 2.75) is 17.9 Å². The van der Waals surface area contributed by atoms with Gasteiger partial charge in [0.25, 0.3) is 0 Å². The van der Waals surface area contributed by atoms with E-state index in [-0.39, 0.29) is 12.1 Å². The third kappa shape index (κ3) is 5.77. The Kier molecular flexibility index (Phi) is 6.79. The number of hydrogen-bond donors (Lipinski definition) is 2. The molecule has 1 unspecified atom stereocenters. The Morgan fingerprint density at radius 1 is 1.19 bits per heavy atom. The zero-order valence-corrected chi connectivity index (χ0v) is 16.5. The van der Waals surface area contributed by atoms with E-state index >= 15 is 0 Å².